The van der Waals surface area contributed by atoms with Crippen LogP contribution in [0.2, 0.25) is 0 Å². The maximum Gasteiger partial charge on any atom is 0.491 e. The number of benzene rings is 2. The molecule has 0 aromatic heterocycles. The van der Waals surface area contributed by atoms with Crippen molar-refractivity contribution in [3.05, 3.63) is 58.7 Å². The zero-order chi connectivity index (χ0) is 30.3. The zero-order valence-electron chi connectivity index (χ0n) is 23.9. The number of ketones is 1. The van der Waals surface area contributed by atoms with E-state index < -0.39 is 43.7 Å². The number of nitrogens with zero attached hydrogens (tertiary/aromatic N) is 1. The molecular formula is C29H34B2N4O8. The van der Waals surface area contributed by atoms with Crippen molar-refractivity contribution in [2.75, 3.05) is 19.6 Å². The molecule has 2 aromatic rings. The Morgan fingerprint density at radius 1 is 0.977 bits per heavy atom. The molecule has 0 aliphatic carbocycles. The number of carbonyl (C=O) groups excluding carboxylic acids is 4. The minimum atomic E-state index is -1.13. The van der Waals surface area contributed by atoms with Crippen LogP contribution in [0, 0.1) is 0 Å². The number of Topliss-reactive ketones (excluding diaryl/α,β-unsaturated/α-hetero) is 1. The topological polar surface area (TPSA) is 167 Å². The maximum atomic E-state index is 13.9. The molecule has 4 aliphatic rings. The zero-order valence-corrected chi connectivity index (χ0v) is 23.9. The van der Waals surface area contributed by atoms with E-state index in [2.05, 4.69) is 16.0 Å². The number of rotatable bonds is 7. The molecule has 12 nitrogen and oxygen atoms in total. The summed E-state index contributed by atoms with van der Waals surface area (Å²) in [4.78, 5) is 54.7. The summed E-state index contributed by atoms with van der Waals surface area (Å²) in [6.07, 6.45) is 1.52. The first-order valence-electron chi connectivity index (χ1n) is 14.6. The highest BCUT2D eigenvalue weighted by atomic mass is 16.5. The van der Waals surface area contributed by atoms with Gasteiger partial charge in [-0.05, 0) is 85.6 Å². The van der Waals surface area contributed by atoms with Gasteiger partial charge in [0.25, 0.3) is 11.8 Å². The second kappa shape index (κ2) is 11.9. The van der Waals surface area contributed by atoms with Crippen molar-refractivity contribution in [1.82, 2.24) is 20.9 Å². The van der Waals surface area contributed by atoms with Crippen molar-refractivity contribution in [2.45, 2.75) is 63.4 Å². The van der Waals surface area contributed by atoms with Gasteiger partial charge in [-0.3, -0.25) is 19.2 Å². The number of nitrogens with one attached hydrogen (secondary N) is 3. The Balaban J connectivity index is 1.24. The van der Waals surface area contributed by atoms with Crippen LogP contribution in [-0.4, -0.2) is 89.9 Å². The molecular weight excluding hydrogens is 554 g/mol. The predicted octanol–water partition coefficient (Wildman–Crippen LogP) is -1.65. The lowest BCUT2D eigenvalue weighted by atomic mass is 9.78. The summed E-state index contributed by atoms with van der Waals surface area (Å²) in [5.41, 5.74) is 2.54. The Kier molecular flexibility index (Phi) is 8.14. The Morgan fingerprint density at radius 3 is 2.21 bits per heavy atom. The molecule has 2 atom stereocenters. The van der Waals surface area contributed by atoms with Gasteiger partial charge in [0, 0.05) is 35.7 Å². The summed E-state index contributed by atoms with van der Waals surface area (Å²) in [5, 5.41) is 29.6. The lowest BCUT2D eigenvalue weighted by molar-refractivity contribution is -0.128. The molecule has 43 heavy (non-hydrogen) atoms. The molecule has 3 amide bonds. The second-order valence-electron chi connectivity index (χ2n) is 11.9. The summed E-state index contributed by atoms with van der Waals surface area (Å²) >= 11 is 0. The second-order valence-corrected chi connectivity index (χ2v) is 11.9. The minimum absolute atomic E-state index is 0.0320. The average Bonchev–Trinajstić information content (AvgIpc) is 3.69. The van der Waals surface area contributed by atoms with Crippen molar-refractivity contribution in [2.24, 2.45) is 0 Å². The van der Waals surface area contributed by atoms with Crippen LogP contribution in [0.15, 0.2) is 36.4 Å². The number of piperidine rings is 1. The van der Waals surface area contributed by atoms with Crippen LogP contribution in [0.3, 0.4) is 0 Å². The molecule has 14 heteroatoms. The number of amides is 3. The molecule has 4 heterocycles. The van der Waals surface area contributed by atoms with E-state index in [1.807, 2.05) is 0 Å². The summed E-state index contributed by atoms with van der Waals surface area (Å²) in [7, 11) is -2.22. The Hall–Kier alpha value is -3.55. The molecule has 2 saturated heterocycles. The fraction of sp³-hybridized carbons (Fsp3) is 0.448. The Bertz CT molecular complexity index is 1470. The highest BCUT2D eigenvalue weighted by molar-refractivity contribution is 6.62. The van der Waals surface area contributed by atoms with E-state index in [1.165, 1.54) is 11.8 Å². The van der Waals surface area contributed by atoms with Crippen molar-refractivity contribution < 1.29 is 38.5 Å². The van der Waals surface area contributed by atoms with Crippen LogP contribution in [0.5, 0.6) is 0 Å². The molecule has 0 spiro atoms. The Labute approximate surface area is 249 Å². The van der Waals surface area contributed by atoms with Gasteiger partial charge < -0.3 is 40.2 Å². The van der Waals surface area contributed by atoms with Gasteiger partial charge in [-0.1, -0.05) is 12.1 Å². The van der Waals surface area contributed by atoms with Crippen molar-refractivity contribution in [3.63, 3.8) is 0 Å². The SMILES string of the molecule is CC(=O)CC1(NC(=O)[C@@H]2CC(NC(=O)c3ccc4c(c3)B(O)OC4)CN2C(=O)c2ccc3c(c2)B(O)OC3)CCNCC1. The first-order valence-corrected chi connectivity index (χ1v) is 14.6. The van der Waals surface area contributed by atoms with Gasteiger partial charge in [-0.2, -0.15) is 0 Å². The third-order valence-electron chi connectivity index (χ3n) is 8.86. The van der Waals surface area contributed by atoms with Gasteiger partial charge in [0.05, 0.1) is 13.2 Å². The minimum Gasteiger partial charge on any atom is -0.423 e. The molecule has 5 N–H and O–H groups in total. The third kappa shape index (κ3) is 5.98. The van der Waals surface area contributed by atoms with E-state index >= 15 is 0 Å². The summed E-state index contributed by atoms with van der Waals surface area (Å²) in [6, 6.07) is 8.49. The van der Waals surface area contributed by atoms with Gasteiger partial charge in [-0.15, -0.1) is 0 Å². The van der Waals surface area contributed by atoms with Gasteiger partial charge in [0.1, 0.15) is 11.8 Å². The normalized spacial score (nSPS) is 22.3. The molecule has 0 bridgehead atoms. The molecule has 2 fully saturated rings. The summed E-state index contributed by atoms with van der Waals surface area (Å²) in [6.45, 7) is 3.40. The Morgan fingerprint density at radius 2 is 1.58 bits per heavy atom. The highest BCUT2D eigenvalue weighted by Crippen LogP contribution is 2.27. The van der Waals surface area contributed by atoms with Crippen LogP contribution >= 0.6 is 0 Å². The van der Waals surface area contributed by atoms with Crippen LogP contribution in [0.4, 0.5) is 0 Å². The largest absolute Gasteiger partial charge is 0.491 e. The average molecular weight is 588 g/mol. The first kappa shape index (κ1) is 29.5. The molecule has 0 radical (unpaired) electrons. The number of hydrogen-bond donors (Lipinski definition) is 5. The van der Waals surface area contributed by atoms with Crippen molar-refractivity contribution in [1.29, 1.82) is 0 Å². The molecule has 6 rings (SSSR count). The van der Waals surface area contributed by atoms with Crippen LogP contribution in [-0.2, 0) is 32.1 Å². The standard InChI is InChI=1S/C29H34B2N4O8/c1-17(36)13-29(6-8-32-9-7-29)34-27(38)25-12-22(33-26(37)18-2-4-20-15-42-30(40)23(20)10-18)14-35(25)28(39)19-3-5-21-16-43-31(41)24(21)11-19/h2-5,10-11,22,25,32,40-41H,6-9,12-16H2,1H3,(H,33,37)(H,34,38)/t22?,25-/m0/s1. The molecule has 224 valence electrons. The smallest absolute Gasteiger partial charge is 0.423 e. The van der Waals surface area contributed by atoms with Gasteiger partial charge in [0.15, 0.2) is 0 Å². The number of fused-ring (bicyclic) bond motifs is 2. The summed E-state index contributed by atoms with van der Waals surface area (Å²) < 4.78 is 10.5. The molecule has 2 aromatic carbocycles. The van der Waals surface area contributed by atoms with Crippen molar-refractivity contribution >= 4 is 48.7 Å². The van der Waals surface area contributed by atoms with Crippen molar-refractivity contribution in [3.8, 4) is 0 Å². The van der Waals surface area contributed by atoms with E-state index in [4.69, 9.17) is 9.31 Å². The lowest BCUT2D eigenvalue weighted by Crippen LogP contribution is -2.59. The van der Waals surface area contributed by atoms with Gasteiger partial charge >= 0.3 is 14.2 Å². The third-order valence-corrected chi connectivity index (χ3v) is 8.86. The van der Waals surface area contributed by atoms with E-state index in [9.17, 15) is 29.2 Å². The molecule has 0 saturated carbocycles. The fourth-order valence-electron chi connectivity index (χ4n) is 6.62. The lowest BCUT2D eigenvalue weighted by Gasteiger charge is -2.39. The quantitative estimate of drug-likeness (QED) is 0.239. The number of carbonyl (C=O) groups is 4. The van der Waals surface area contributed by atoms with E-state index in [1.54, 1.807) is 36.4 Å². The van der Waals surface area contributed by atoms with Crippen LogP contribution in [0.1, 0.15) is 64.4 Å². The van der Waals surface area contributed by atoms with E-state index in [0.29, 0.717) is 48.0 Å². The highest BCUT2D eigenvalue weighted by Gasteiger charge is 2.44. The monoisotopic (exact) mass is 588 g/mol. The molecule has 4 aliphatic heterocycles. The number of likely N-dealkylation sites (tertiary alicyclic amines) is 1. The van der Waals surface area contributed by atoms with Crippen LogP contribution in [0.25, 0.3) is 0 Å². The first-order chi connectivity index (χ1) is 20.6. The number of hydrogen-bond acceptors (Lipinski definition) is 9. The summed E-state index contributed by atoms with van der Waals surface area (Å²) in [5.74, 6) is -1.22. The predicted molar refractivity (Wildman–Crippen MR) is 157 cm³/mol. The van der Waals surface area contributed by atoms with Gasteiger partial charge in [0.2, 0.25) is 5.91 Å². The van der Waals surface area contributed by atoms with E-state index in [0.717, 1.165) is 11.1 Å². The van der Waals surface area contributed by atoms with Crippen LogP contribution < -0.4 is 26.9 Å². The van der Waals surface area contributed by atoms with E-state index in [-0.39, 0.29) is 44.3 Å². The maximum absolute atomic E-state index is 13.9. The van der Waals surface area contributed by atoms with Gasteiger partial charge in [-0.25, -0.2) is 0 Å². The molecule has 1 unspecified atom stereocenters. The fourth-order valence-corrected chi connectivity index (χ4v) is 6.62.